The minimum Gasteiger partial charge on any atom is -0.338 e. The van der Waals surface area contributed by atoms with Gasteiger partial charge in [0.15, 0.2) is 0 Å². The van der Waals surface area contributed by atoms with Crippen LogP contribution in [-0.2, 0) is 7.05 Å². The van der Waals surface area contributed by atoms with Gasteiger partial charge in [-0.3, -0.25) is 19.3 Å². The second-order valence-electron chi connectivity index (χ2n) is 9.00. The van der Waals surface area contributed by atoms with Crippen LogP contribution in [0.3, 0.4) is 0 Å². The number of nitrogens with zero attached hydrogens (tertiary/aromatic N) is 5. The Bertz CT molecular complexity index is 1210. The summed E-state index contributed by atoms with van der Waals surface area (Å²) in [6.07, 6.45) is 6.70. The van der Waals surface area contributed by atoms with E-state index in [1.807, 2.05) is 53.6 Å². The Balaban J connectivity index is 1.32. The molecule has 0 aromatic carbocycles. The Morgan fingerprint density at radius 2 is 1.82 bits per heavy atom. The smallest absolute Gasteiger partial charge is 0.264 e. The number of likely N-dealkylation sites (tertiary alicyclic amines) is 1. The largest absolute Gasteiger partial charge is 0.338 e. The fraction of sp³-hybridized carbons (Fsp3) is 0.440. The SMILES string of the molecule is Cc1ccc(C(=O)N2CC=CCC2)c(C2CCN(C(=O)c3cc4c(C)nn(C)c4s3)CC2)n1. The van der Waals surface area contributed by atoms with Crippen LogP contribution in [0.15, 0.2) is 30.4 Å². The van der Waals surface area contributed by atoms with E-state index in [4.69, 9.17) is 4.98 Å². The van der Waals surface area contributed by atoms with E-state index in [2.05, 4.69) is 17.3 Å². The lowest BCUT2D eigenvalue weighted by Gasteiger charge is -2.33. The van der Waals surface area contributed by atoms with Gasteiger partial charge in [-0.1, -0.05) is 12.2 Å². The molecule has 0 unspecified atom stereocenters. The van der Waals surface area contributed by atoms with Crippen molar-refractivity contribution in [3.8, 4) is 0 Å². The molecule has 3 aromatic heterocycles. The number of aromatic nitrogens is 3. The number of aryl methyl sites for hydroxylation is 3. The van der Waals surface area contributed by atoms with Crippen LogP contribution in [0.4, 0.5) is 0 Å². The molecule has 0 saturated carbocycles. The minimum absolute atomic E-state index is 0.0645. The lowest BCUT2D eigenvalue weighted by molar-refractivity contribution is 0.0710. The van der Waals surface area contributed by atoms with Gasteiger partial charge in [0, 0.05) is 50.2 Å². The van der Waals surface area contributed by atoms with E-state index in [1.165, 1.54) is 11.3 Å². The molecule has 8 heteroatoms. The maximum absolute atomic E-state index is 13.2. The van der Waals surface area contributed by atoms with E-state index in [-0.39, 0.29) is 17.7 Å². The third-order valence-corrected chi connectivity index (χ3v) is 7.91. The number of thiophene rings is 1. The normalized spacial score (nSPS) is 17.2. The van der Waals surface area contributed by atoms with Gasteiger partial charge >= 0.3 is 0 Å². The van der Waals surface area contributed by atoms with Crippen molar-refractivity contribution in [2.24, 2.45) is 7.05 Å². The summed E-state index contributed by atoms with van der Waals surface area (Å²) < 4.78 is 1.85. The number of carbonyl (C=O) groups excluding carboxylic acids is 2. The highest BCUT2D eigenvalue weighted by Crippen LogP contribution is 2.33. The maximum Gasteiger partial charge on any atom is 0.264 e. The van der Waals surface area contributed by atoms with Crippen LogP contribution < -0.4 is 0 Å². The highest BCUT2D eigenvalue weighted by atomic mass is 32.1. The van der Waals surface area contributed by atoms with E-state index < -0.39 is 0 Å². The molecular formula is C25H29N5O2S. The number of hydrogen-bond donors (Lipinski definition) is 0. The van der Waals surface area contributed by atoms with E-state index >= 15 is 0 Å². The molecule has 33 heavy (non-hydrogen) atoms. The zero-order valence-electron chi connectivity index (χ0n) is 19.4. The summed E-state index contributed by atoms with van der Waals surface area (Å²) in [5.74, 6) is 0.333. The van der Waals surface area contributed by atoms with Gasteiger partial charge in [-0.15, -0.1) is 11.3 Å². The van der Waals surface area contributed by atoms with Gasteiger partial charge in [-0.05, 0) is 51.3 Å². The molecule has 1 saturated heterocycles. The van der Waals surface area contributed by atoms with Crippen molar-refractivity contribution in [1.82, 2.24) is 24.6 Å². The Morgan fingerprint density at radius 1 is 1.03 bits per heavy atom. The molecule has 5 rings (SSSR count). The number of amides is 2. The fourth-order valence-electron chi connectivity index (χ4n) is 4.89. The quantitative estimate of drug-likeness (QED) is 0.549. The minimum atomic E-state index is 0.0645. The highest BCUT2D eigenvalue weighted by Gasteiger charge is 2.30. The van der Waals surface area contributed by atoms with Gasteiger partial charge in [0.05, 0.1) is 21.8 Å². The molecule has 3 aromatic rings. The van der Waals surface area contributed by atoms with Crippen molar-refractivity contribution in [1.29, 1.82) is 0 Å². The van der Waals surface area contributed by atoms with Crippen molar-refractivity contribution in [3.63, 3.8) is 0 Å². The van der Waals surface area contributed by atoms with Gasteiger partial charge in [-0.25, -0.2) is 0 Å². The van der Waals surface area contributed by atoms with Gasteiger partial charge in [0.25, 0.3) is 11.8 Å². The molecule has 7 nitrogen and oxygen atoms in total. The first-order valence-electron chi connectivity index (χ1n) is 11.6. The first kappa shape index (κ1) is 21.8. The molecular weight excluding hydrogens is 434 g/mol. The number of hydrogen-bond acceptors (Lipinski definition) is 5. The van der Waals surface area contributed by atoms with Crippen molar-refractivity contribution in [2.45, 2.75) is 39.0 Å². The summed E-state index contributed by atoms with van der Waals surface area (Å²) in [5, 5.41) is 5.49. The first-order valence-corrected chi connectivity index (χ1v) is 12.4. The summed E-state index contributed by atoms with van der Waals surface area (Å²) in [7, 11) is 1.92. The van der Waals surface area contributed by atoms with Crippen molar-refractivity contribution in [3.05, 3.63) is 57.9 Å². The number of pyridine rings is 1. The molecule has 2 aliphatic heterocycles. The van der Waals surface area contributed by atoms with Gasteiger partial charge in [0.1, 0.15) is 4.83 Å². The van der Waals surface area contributed by atoms with E-state index in [0.29, 0.717) is 25.2 Å². The molecule has 1 fully saturated rings. The molecule has 0 aliphatic carbocycles. The Kier molecular flexibility index (Phi) is 5.78. The van der Waals surface area contributed by atoms with Gasteiger partial charge in [-0.2, -0.15) is 5.10 Å². The number of carbonyl (C=O) groups is 2. The molecule has 172 valence electrons. The predicted octanol–water partition coefficient (Wildman–Crippen LogP) is 4.07. The standard InChI is InChI=1S/C25H29N5O2S/c1-16-7-8-19(23(31)29-11-5-4-6-12-29)22(26-16)18-9-13-30(14-10-18)24(32)21-15-20-17(2)27-28(3)25(20)33-21/h4-5,7-8,15,18H,6,9-14H2,1-3H3. The Hall–Kier alpha value is -3.00. The summed E-state index contributed by atoms with van der Waals surface area (Å²) in [4.78, 5) is 36.9. The summed E-state index contributed by atoms with van der Waals surface area (Å²) in [6, 6.07) is 5.83. The lowest BCUT2D eigenvalue weighted by atomic mass is 9.89. The molecule has 0 bridgehead atoms. The van der Waals surface area contributed by atoms with Crippen LogP contribution in [0.25, 0.3) is 10.2 Å². The summed E-state index contributed by atoms with van der Waals surface area (Å²) in [6.45, 7) is 6.69. The van der Waals surface area contributed by atoms with Crippen LogP contribution in [0, 0.1) is 13.8 Å². The first-order chi connectivity index (χ1) is 15.9. The van der Waals surface area contributed by atoms with E-state index in [9.17, 15) is 9.59 Å². The third kappa shape index (κ3) is 4.08. The number of piperidine rings is 1. The predicted molar refractivity (Wildman–Crippen MR) is 130 cm³/mol. The maximum atomic E-state index is 13.2. The highest BCUT2D eigenvalue weighted by molar-refractivity contribution is 7.20. The molecule has 0 atom stereocenters. The monoisotopic (exact) mass is 463 g/mol. The van der Waals surface area contributed by atoms with Crippen LogP contribution in [-0.4, -0.2) is 62.6 Å². The molecule has 0 N–H and O–H groups in total. The third-order valence-electron chi connectivity index (χ3n) is 6.72. The number of rotatable bonds is 3. The molecule has 2 amide bonds. The van der Waals surface area contributed by atoms with Crippen molar-refractivity contribution < 1.29 is 9.59 Å². The van der Waals surface area contributed by atoms with Gasteiger partial charge in [0.2, 0.25) is 0 Å². The van der Waals surface area contributed by atoms with Crippen LogP contribution in [0.5, 0.6) is 0 Å². The Labute approximate surface area is 197 Å². The Morgan fingerprint density at radius 3 is 2.52 bits per heavy atom. The topological polar surface area (TPSA) is 71.3 Å². The van der Waals surface area contributed by atoms with Crippen molar-refractivity contribution >= 4 is 33.4 Å². The fourth-order valence-corrected chi connectivity index (χ4v) is 5.98. The second kappa shape index (κ2) is 8.74. The molecule has 0 spiro atoms. The van der Waals surface area contributed by atoms with Crippen LogP contribution >= 0.6 is 11.3 Å². The zero-order chi connectivity index (χ0) is 23.1. The summed E-state index contributed by atoms with van der Waals surface area (Å²) in [5.41, 5.74) is 3.49. The molecule has 2 aliphatic rings. The average molecular weight is 464 g/mol. The summed E-state index contributed by atoms with van der Waals surface area (Å²) >= 11 is 1.51. The van der Waals surface area contributed by atoms with E-state index in [1.54, 1.807) is 0 Å². The number of fused-ring (bicyclic) bond motifs is 1. The van der Waals surface area contributed by atoms with Gasteiger partial charge < -0.3 is 9.80 Å². The average Bonchev–Trinajstić information content (AvgIpc) is 3.40. The van der Waals surface area contributed by atoms with Crippen LogP contribution in [0.2, 0.25) is 0 Å². The van der Waals surface area contributed by atoms with Crippen LogP contribution in [0.1, 0.15) is 62.3 Å². The lowest BCUT2D eigenvalue weighted by Crippen LogP contribution is -2.39. The van der Waals surface area contributed by atoms with E-state index in [0.717, 1.165) is 58.0 Å². The zero-order valence-corrected chi connectivity index (χ0v) is 20.2. The molecule has 0 radical (unpaired) electrons. The van der Waals surface area contributed by atoms with Crippen molar-refractivity contribution in [2.75, 3.05) is 26.2 Å². The second-order valence-corrected chi connectivity index (χ2v) is 10.0. The molecule has 5 heterocycles.